The maximum atomic E-state index is 12.9. The molecule has 0 spiro atoms. The van der Waals surface area contributed by atoms with E-state index < -0.39 is 29.3 Å². The summed E-state index contributed by atoms with van der Waals surface area (Å²) in [6.45, 7) is -1.30. The van der Waals surface area contributed by atoms with Crippen molar-refractivity contribution in [3.8, 4) is 0 Å². The van der Waals surface area contributed by atoms with Crippen LogP contribution in [0.25, 0.3) is 0 Å². The third-order valence-corrected chi connectivity index (χ3v) is 6.92. The number of esters is 4. The lowest BCUT2D eigenvalue weighted by Gasteiger charge is -2.31. The molecule has 0 atom stereocenters. The van der Waals surface area contributed by atoms with Gasteiger partial charge in [0.05, 0.1) is 25.7 Å². The van der Waals surface area contributed by atoms with Gasteiger partial charge in [0.15, 0.2) is 0 Å². The van der Waals surface area contributed by atoms with Crippen molar-refractivity contribution in [3.63, 3.8) is 0 Å². The summed E-state index contributed by atoms with van der Waals surface area (Å²) in [6, 6.07) is 36.3. The molecule has 0 saturated carbocycles. The molecule has 0 saturated heterocycles. The van der Waals surface area contributed by atoms with E-state index in [-0.39, 0.29) is 52.1 Å². The zero-order chi connectivity index (χ0) is 31.7. The molecule has 0 amide bonds. The zero-order valence-corrected chi connectivity index (χ0v) is 25.0. The highest BCUT2D eigenvalue weighted by Crippen LogP contribution is 2.23. The predicted octanol–water partition coefficient (Wildman–Crippen LogP) is 5.12. The Balaban J connectivity index is 1.50. The third kappa shape index (κ3) is 11.8. The van der Waals surface area contributed by atoms with Gasteiger partial charge in [-0.2, -0.15) is 0 Å². The number of hydrogen-bond acceptors (Lipinski definition) is 8. The van der Waals surface area contributed by atoms with E-state index in [1.807, 2.05) is 72.8 Å². The number of rotatable bonds is 16. The summed E-state index contributed by atoms with van der Waals surface area (Å²) in [5, 5.41) is 0. The SMILES string of the molecule is O=C(Cc1ccccc1)OCC(COC(=O)Cc1ccccc1)(COC(=O)Cc1ccccc1)COC(=O)Cc1ccccc1. The van der Waals surface area contributed by atoms with Gasteiger partial charge in [-0.3, -0.25) is 19.2 Å². The van der Waals surface area contributed by atoms with Crippen molar-refractivity contribution in [1.82, 2.24) is 0 Å². The minimum atomic E-state index is -1.36. The molecule has 4 aromatic carbocycles. The molecule has 0 aliphatic heterocycles. The van der Waals surface area contributed by atoms with E-state index in [1.54, 1.807) is 48.5 Å². The van der Waals surface area contributed by atoms with Crippen LogP contribution in [0, 0.1) is 5.41 Å². The van der Waals surface area contributed by atoms with Crippen molar-refractivity contribution < 1.29 is 38.1 Å². The van der Waals surface area contributed by atoms with Crippen molar-refractivity contribution in [1.29, 1.82) is 0 Å². The van der Waals surface area contributed by atoms with E-state index in [9.17, 15) is 19.2 Å². The molecule has 0 N–H and O–H groups in total. The molecule has 0 aromatic heterocycles. The summed E-state index contributed by atoms with van der Waals surface area (Å²) in [4.78, 5) is 51.4. The fourth-order valence-corrected chi connectivity index (χ4v) is 4.44. The second-order valence-corrected chi connectivity index (χ2v) is 10.8. The van der Waals surface area contributed by atoms with Gasteiger partial charge in [-0.05, 0) is 22.3 Å². The van der Waals surface area contributed by atoms with Crippen molar-refractivity contribution in [2.24, 2.45) is 5.41 Å². The predicted molar refractivity (Wildman–Crippen MR) is 167 cm³/mol. The normalized spacial score (nSPS) is 10.8. The summed E-state index contributed by atoms with van der Waals surface area (Å²) in [5.74, 6) is -2.14. The van der Waals surface area contributed by atoms with E-state index in [0.717, 1.165) is 22.3 Å². The molecule has 0 radical (unpaired) electrons. The number of carbonyl (C=O) groups excluding carboxylic acids is 4. The first kappa shape index (κ1) is 32.7. The molecular formula is C37H36O8. The molecule has 0 fully saturated rings. The minimum Gasteiger partial charge on any atom is -0.464 e. The van der Waals surface area contributed by atoms with Gasteiger partial charge in [-0.25, -0.2) is 0 Å². The highest BCUT2D eigenvalue weighted by atomic mass is 16.6. The summed E-state index contributed by atoms with van der Waals surface area (Å²) >= 11 is 0. The lowest BCUT2D eigenvalue weighted by molar-refractivity contribution is -0.169. The van der Waals surface area contributed by atoms with Gasteiger partial charge in [0.25, 0.3) is 0 Å². The topological polar surface area (TPSA) is 105 Å². The van der Waals surface area contributed by atoms with Gasteiger partial charge in [0.2, 0.25) is 0 Å². The summed E-state index contributed by atoms with van der Waals surface area (Å²) in [7, 11) is 0. The Morgan fingerprint density at radius 1 is 0.356 bits per heavy atom. The highest BCUT2D eigenvalue weighted by molar-refractivity contribution is 5.74. The lowest BCUT2D eigenvalue weighted by atomic mass is 9.92. The Bertz CT molecular complexity index is 1270. The van der Waals surface area contributed by atoms with Crippen molar-refractivity contribution in [2.75, 3.05) is 26.4 Å². The molecule has 8 heteroatoms. The summed E-state index contributed by atoms with van der Waals surface area (Å²) in [6.07, 6.45) is 0.0250. The van der Waals surface area contributed by atoms with Crippen LogP contribution in [0.2, 0.25) is 0 Å². The molecule has 0 aliphatic carbocycles. The summed E-state index contributed by atoms with van der Waals surface area (Å²) < 4.78 is 22.6. The first-order valence-electron chi connectivity index (χ1n) is 14.7. The number of hydrogen-bond donors (Lipinski definition) is 0. The standard InChI is InChI=1S/C37H36O8/c38-33(21-29-13-5-1-6-14-29)42-25-37(26-43-34(39)22-30-15-7-2-8-16-30,27-44-35(40)23-31-17-9-3-10-18-31)28-45-36(41)24-32-19-11-4-12-20-32/h1-20H,21-28H2. The minimum absolute atomic E-state index is 0.00625. The van der Waals surface area contributed by atoms with E-state index in [0.29, 0.717) is 0 Å². The Labute approximate surface area is 262 Å². The van der Waals surface area contributed by atoms with Crippen LogP contribution in [0.5, 0.6) is 0 Å². The van der Waals surface area contributed by atoms with Crippen LogP contribution in [-0.4, -0.2) is 50.3 Å². The van der Waals surface area contributed by atoms with Gasteiger partial charge in [-0.1, -0.05) is 121 Å². The molecule has 0 bridgehead atoms. The van der Waals surface area contributed by atoms with Crippen LogP contribution in [0.1, 0.15) is 22.3 Å². The molecule has 0 aliphatic rings. The van der Waals surface area contributed by atoms with Crippen LogP contribution in [0.4, 0.5) is 0 Å². The smallest absolute Gasteiger partial charge is 0.310 e. The van der Waals surface area contributed by atoms with Gasteiger partial charge in [-0.15, -0.1) is 0 Å². The first-order chi connectivity index (χ1) is 21.9. The maximum absolute atomic E-state index is 12.9. The van der Waals surface area contributed by atoms with E-state index >= 15 is 0 Å². The molecule has 45 heavy (non-hydrogen) atoms. The average Bonchev–Trinajstić information content (AvgIpc) is 3.06. The first-order valence-corrected chi connectivity index (χ1v) is 14.7. The lowest BCUT2D eigenvalue weighted by Crippen LogP contribution is -2.44. The van der Waals surface area contributed by atoms with Crippen LogP contribution >= 0.6 is 0 Å². The van der Waals surface area contributed by atoms with E-state index in [1.165, 1.54) is 0 Å². The summed E-state index contributed by atoms with van der Waals surface area (Å²) in [5.41, 5.74) is 1.66. The Kier molecular flexibility index (Phi) is 12.5. The van der Waals surface area contributed by atoms with Gasteiger partial charge < -0.3 is 18.9 Å². The molecule has 232 valence electrons. The van der Waals surface area contributed by atoms with Gasteiger partial charge >= 0.3 is 23.9 Å². The van der Waals surface area contributed by atoms with Crippen molar-refractivity contribution in [3.05, 3.63) is 144 Å². The van der Waals surface area contributed by atoms with Gasteiger partial charge in [0.1, 0.15) is 31.8 Å². The molecule has 0 unspecified atom stereocenters. The number of carbonyl (C=O) groups is 4. The quantitative estimate of drug-likeness (QED) is 0.128. The largest absolute Gasteiger partial charge is 0.464 e. The van der Waals surface area contributed by atoms with Crippen molar-refractivity contribution in [2.45, 2.75) is 25.7 Å². The Morgan fingerprint density at radius 3 is 0.756 bits per heavy atom. The molecule has 8 nitrogen and oxygen atoms in total. The molecule has 0 heterocycles. The van der Waals surface area contributed by atoms with E-state index in [2.05, 4.69) is 0 Å². The van der Waals surface area contributed by atoms with Crippen LogP contribution in [0.15, 0.2) is 121 Å². The monoisotopic (exact) mass is 608 g/mol. The number of ether oxygens (including phenoxy) is 4. The van der Waals surface area contributed by atoms with E-state index in [4.69, 9.17) is 18.9 Å². The molecule has 4 aromatic rings. The Hall–Kier alpha value is -5.24. The second-order valence-electron chi connectivity index (χ2n) is 10.8. The molecule has 4 rings (SSSR count). The van der Waals surface area contributed by atoms with Crippen molar-refractivity contribution >= 4 is 23.9 Å². The average molecular weight is 609 g/mol. The highest BCUT2D eigenvalue weighted by Gasteiger charge is 2.38. The third-order valence-electron chi connectivity index (χ3n) is 6.92. The fourth-order valence-electron chi connectivity index (χ4n) is 4.44. The van der Waals surface area contributed by atoms with Crippen LogP contribution < -0.4 is 0 Å². The zero-order valence-electron chi connectivity index (χ0n) is 25.0. The fraction of sp³-hybridized carbons (Fsp3) is 0.243. The molecular weight excluding hydrogens is 572 g/mol. The number of benzene rings is 4. The second kappa shape index (κ2) is 17.2. The Morgan fingerprint density at radius 2 is 0.556 bits per heavy atom. The maximum Gasteiger partial charge on any atom is 0.310 e. The van der Waals surface area contributed by atoms with Crippen LogP contribution in [0.3, 0.4) is 0 Å². The van der Waals surface area contributed by atoms with Crippen LogP contribution in [-0.2, 0) is 63.8 Å². The van der Waals surface area contributed by atoms with Gasteiger partial charge in [0, 0.05) is 0 Å².